The first kappa shape index (κ1) is 13.2. The second-order valence-corrected chi connectivity index (χ2v) is 5.89. The van der Waals surface area contributed by atoms with Crippen molar-refractivity contribution in [2.45, 2.75) is 39.3 Å². The highest BCUT2D eigenvalue weighted by Crippen LogP contribution is 2.37. The predicted octanol–water partition coefficient (Wildman–Crippen LogP) is 1.54. The van der Waals surface area contributed by atoms with Crippen LogP contribution >= 0.6 is 0 Å². The van der Waals surface area contributed by atoms with Gasteiger partial charge in [-0.05, 0) is 49.3 Å². The number of hydrogen-bond acceptors (Lipinski definition) is 2. The van der Waals surface area contributed by atoms with Crippen molar-refractivity contribution in [3.05, 3.63) is 34.9 Å². The average Bonchev–Trinajstić information content (AvgIpc) is 3.22. The molecule has 0 radical (unpaired) electrons. The predicted molar refractivity (Wildman–Crippen MR) is 76.0 cm³/mol. The van der Waals surface area contributed by atoms with Crippen LogP contribution in [-0.2, 0) is 16.1 Å². The van der Waals surface area contributed by atoms with Gasteiger partial charge in [-0.2, -0.15) is 0 Å². The molecule has 0 aromatic heterocycles. The van der Waals surface area contributed by atoms with Crippen molar-refractivity contribution in [3.63, 3.8) is 0 Å². The number of nitrogens with zero attached hydrogens (tertiary/aromatic N) is 1. The Labute approximate surface area is 119 Å². The summed E-state index contributed by atoms with van der Waals surface area (Å²) in [6.45, 7) is 4.80. The van der Waals surface area contributed by atoms with Crippen molar-refractivity contribution in [1.82, 2.24) is 10.2 Å². The van der Waals surface area contributed by atoms with Crippen LogP contribution < -0.4 is 5.32 Å². The SMILES string of the molecule is Cc1cccc(C)c1CN1C(=O)CNC(=O)C1C1CC1. The normalized spacial score (nSPS) is 22.9. The van der Waals surface area contributed by atoms with Crippen molar-refractivity contribution in [2.24, 2.45) is 5.92 Å². The van der Waals surface area contributed by atoms with Crippen LogP contribution in [0.2, 0.25) is 0 Å². The van der Waals surface area contributed by atoms with E-state index in [2.05, 4.69) is 31.3 Å². The number of aryl methyl sites for hydroxylation is 2. The molecule has 4 nitrogen and oxygen atoms in total. The number of hydrogen-bond donors (Lipinski definition) is 1. The van der Waals surface area contributed by atoms with Gasteiger partial charge < -0.3 is 10.2 Å². The molecule has 0 spiro atoms. The van der Waals surface area contributed by atoms with Crippen molar-refractivity contribution >= 4 is 11.8 Å². The molecule has 1 saturated carbocycles. The molecular weight excluding hydrogens is 252 g/mol. The summed E-state index contributed by atoms with van der Waals surface area (Å²) in [4.78, 5) is 26.1. The highest BCUT2D eigenvalue weighted by molar-refractivity contribution is 5.95. The maximum atomic E-state index is 12.2. The minimum absolute atomic E-state index is 0.0123. The van der Waals surface area contributed by atoms with Gasteiger partial charge in [0.2, 0.25) is 11.8 Å². The van der Waals surface area contributed by atoms with E-state index in [1.807, 2.05) is 6.07 Å². The van der Waals surface area contributed by atoms with Gasteiger partial charge in [-0.3, -0.25) is 9.59 Å². The largest absolute Gasteiger partial charge is 0.345 e. The average molecular weight is 272 g/mol. The standard InChI is InChI=1S/C16H20N2O2/c1-10-4-3-5-11(2)13(10)9-18-14(19)8-17-16(20)15(18)12-6-7-12/h3-5,12,15H,6-9H2,1-2H3,(H,17,20). The Bertz CT molecular complexity index is 543. The maximum absolute atomic E-state index is 12.2. The Morgan fingerprint density at radius 1 is 1.20 bits per heavy atom. The van der Waals surface area contributed by atoms with E-state index in [9.17, 15) is 9.59 Å². The highest BCUT2D eigenvalue weighted by Gasteiger charge is 2.44. The summed E-state index contributed by atoms with van der Waals surface area (Å²) in [7, 11) is 0. The number of nitrogens with one attached hydrogen (secondary N) is 1. The van der Waals surface area contributed by atoms with E-state index >= 15 is 0 Å². The third kappa shape index (κ3) is 2.30. The summed E-state index contributed by atoms with van der Waals surface area (Å²) in [5.41, 5.74) is 3.53. The van der Waals surface area contributed by atoms with Gasteiger partial charge >= 0.3 is 0 Å². The van der Waals surface area contributed by atoms with Crippen LogP contribution in [0.25, 0.3) is 0 Å². The molecule has 4 heteroatoms. The second-order valence-electron chi connectivity index (χ2n) is 5.89. The first-order valence-corrected chi connectivity index (χ1v) is 7.20. The van der Waals surface area contributed by atoms with Gasteiger partial charge in [0.15, 0.2) is 0 Å². The Morgan fingerprint density at radius 2 is 1.85 bits per heavy atom. The number of piperazine rings is 1. The van der Waals surface area contributed by atoms with Crippen LogP contribution in [0.15, 0.2) is 18.2 Å². The minimum Gasteiger partial charge on any atom is -0.345 e. The van der Waals surface area contributed by atoms with Gasteiger partial charge in [0, 0.05) is 6.54 Å². The summed E-state index contributed by atoms with van der Waals surface area (Å²) in [6, 6.07) is 5.87. The van der Waals surface area contributed by atoms with Gasteiger partial charge in [0.05, 0.1) is 6.54 Å². The van der Waals surface area contributed by atoms with Crippen LogP contribution in [0.4, 0.5) is 0 Å². The molecule has 1 saturated heterocycles. The second kappa shape index (κ2) is 4.93. The fourth-order valence-corrected chi connectivity index (χ4v) is 3.00. The summed E-state index contributed by atoms with van der Waals surface area (Å²) in [6.07, 6.45) is 2.10. The van der Waals surface area contributed by atoms with E-state index in [1.54, 1.807) is 4.90 Å². The lowest BCUT2D eigenvalue weighted by atomic mass is 10.00. The zero-order chi connectivity index (χ0) is 14.3. The lowest BCUT2D eigenvalue weighted by molar-refractivity contribution is -0.147. The molecule has 0 bridgehead atoms. The lowest BCUT2D eigenvalue weighted by Gasteiger charge is -2.35. The Morgan fingerprint density at radius 3 is 2.45 bits per heavy atom. The van der Waals surface area contributed by atoms with Crippen molar-refractivity contribution in [2.75, 3.05) is 6.54 Å². The van der Waals surface area contributed by atoms with E-state index in [-0.39, 0.29) is 24.4 Å². The molecule has 106 valence electrons. The van der Waals surface area contributed by atoms with Gasteiger partial charge in [-0.15, -0.1) is 0 Å². The molecule has 2 amide bonds. The smallest absolute Gasteiger partial charge is 0.243 e. The van der Waals surface area contributed by atoms with E-state index in [4.69, 9.17) is 0 Å². The number of carbonyl (C=O) groups excluding carboxylic acids is 2. The molecule has 1 atom stereocenters. The third-order valence-electron chi connectivity index (χ3n) is 4.38. The molecule has 1 N–H and O–H groups in total. The topological polar surface area (TPSA) is 49.4 Å². The number of benzene rings is 1. The Kier molecular flexibility index (Phi) is 3.24. The van der Waals surface area contributed by atoms with E-state index < -0.39 is 0 Å². The fraction of sp³-hybridized carbons (Fsp3) is 0.500. The molecule has 1 aromatic carbocycles. The van der Waals surface area contributed by atoms with Crippen molar-refractivity contribution in [1.29, 1.82) is 0 Å². The molecule has 20 heavy (non-hydrogen) atoms. The quantitative estimate of drug-likeness (QED) is 0.907. The summed E-state index contributed by atoms with van der Waals surface area (Å²) in [5.74, 6) is 0.395. The molecule has 2 fully saturated rings. The van der Waals surface area contributed by atoms with Gasteiger partial charge in [0.25, 0.3) is 0 Å². The molecule has 1 aliphatic carbocycles. The molecule has 3 rings (SSSR count). The van der Waals surface area contributed by atoms with Crippen molar-refractivity contribution < 1.29 is 9.59 Å². The Hall–Kier alpha value is -1.84. The molecule has 2 aliphatic rings. The third-order valence-corrected chi connectivity index (χ3v) is 4.38. The van der Waals surface area contributed by atoms with Crippen molar-refractivity contribution in [3.8, 4) is 0 Å². The fourth-order valence-electron chi connectivity index (χ4n) is 3.00. The van der Waals surface area contributed by atoms with Gasteiger partial charge in [-0.1, -0.05) is 18.2 Å². The van der Waals surface area contributed by atoms with Gasteiger partial charge in [-0.25, -0.2) is 0 Å². The first-order valence-electron chi connectivity index (χ1n) is 7.20. The zero-order valence-corrected chi connectivity index (χ0v) is 12.0. The summed E-state index contributed by atoms with van der Waals surface area (Å²) in [5, 5.41) is 2.72. The van der Waals surface area contributed by atoms with Crippen LogP contribution in [0.5, 0.6) is 0 Å². The van der Waals surface area contributed by atoms with E-state index in [0.717, 1.165) is 12.8 Å². The minimum atomic E-state index is -0.268. The highest BCUT2D eigenvalue weighted by atomic mass is 16.2. The summed E-state index contributed by atoms with van der Waals surface area (Å²) >= 11 is 0. The number of amides is 2. The summed E-state index contributed by atoms with van der Waals surface area (Å²) < 4.78 is 0. The van der Waals surface area contributed by atoms with Crippen LogP contribution in [0, 0.1) is 19.8 Å². The van der Waals surface area contributed by atoms with Crippen LogP contribution in [0.3, 0.4) is 0 Å². The molecule has 1 unspecified atom stereocenters. The maximum Gasteiger partial charge on any atom is 0.243 e. The van der Waals surface area contributed by atoms with Gasteiger partial charge in [0.1, 0.15) is 6.04 Å². The molecular formula is C16H20N2O2. The Balaban J connectivity index is 1.90. The van der Waals surface area contributed by atoms with E-state index in [1.165, 1.54) is 16.7 Å². The number of carbonyl (C=O) groups is 2. The zero-order valence-electron chi connectivity index (χ0n) is 12.0. The first-order chi connectivity index (χ1) is 9.58. The molecule has 1 aliphatic heterocycles. The number of rotatable bonds is 3. The lowest BCUT2D eigenvalue weighted by Crippen LogP contribution is -2.58. The van der Waals surface area contributed by atoms with Crippen LogP contribution in [0.1, 0.15) is 29.5 Å². The van der Waals surface area contributed by atoms with E-state index in [0.29, 0.717) is 12.5 Å². The van der Waals surface area contributed by atoms with Crippen LogP contribution in [-0.4, -0.2) is 29.3 Å². The molecule has 1 heterocycles. The monoisotopic (exact) mass is 272 g/mol. The molecule has 1 aromatic rings.